The molecule has 0 radical (unpaired) electrons. The number of nitrogens with two attached hydrogens (primary N) is 1. The van der Waals surface area contributed by atoms with E-state index in [1.165, 1.54) is 0 Å². The van der Waals surface area contributed by atoms with Gasteiger partial charge in [0.1, 0.15) is 0 Å². The summed E-state index contributed by atoms with van der Waals surface area (Å²) in [4.78, 5) is 22.9. The lowest BCUT2D eigenvalue weighted by atomic mass is 9.71. The molecule has 110 valence electrons. The maximum atomic E-state index is 11.9. The van der Waals surface area contributed by atoms with Gasteiger partial charge in [-0.15, -0.1) is 0 Å². The van der Waals surface area contributed by atoms with E-state index >= 15 is 0 Å². The van der Waals surface area contributed by atoms with Crippen molar-refractivity contribution < 1.29 is 14.7 Å². The minimum absolute atomic E-state index is 0.0850. The van der Waals surface area contributed by atoms with Gasteiger partial charge in [0.25, 0.3) is 0 Å². The van der Waals surface area contributed by atoms with Gasteiger partial charge in [-0.05, 0) is 24.2 Å². The topological polar surface area (TPSA) is 92.4 Å². The van der Waals surface area contributed by atoms with Crippen molar-refractivity contribution in [1.29, 1.82) is 0 Å². The summed E-state index contributed by atoms with van der Waals surface area (Å²) >= 11 is 0. The van der Waals surface area contributed by atoms with Crippen LogP contribution in [0.2, 0.25) is 0 Å². The molecule has 5 heteroatoms. The highest BCUT2D eigenvalue weighted by Crippen LogP contribution is 2.38. The van der Waals surface area contributed by atoms with E-state index < -0.39 is 12.0 Å². The van der Waals surface area contributed by atoms with E-state index in [2.05, 4.69) is 5.32 Å². The number of carbonyl (C=O) groups is 2. The van der Waals surface area contributed by atoms with Gasteiger partial charge < -0.3 is 16.2 Å². The molecule has 1 saturated carbocycles. The first-order chi connectivity index (χ1) is 8.86. The summed E-state index contributed by atoms with van der Waals surface area (Å²) in [5, 5.41) is 11.9. The fraction of sp³-hybridized carbons (Fsp3) is 0.857. The molecule has 0 bridgehead atoms. The molecule has 0 unspecified atom stereocenters. The van der Waals surface area contributed by atoms with Crippen LogP contribution in [0.15, 0.2) is 0 Å². The Hall–Kier alpha value is -1.10. The zero-order valence-corrected chi connectivity index (χ0v) is 11.9. The van der Waals surface area contributed by atoms with Gasteiger partial charge in [0.05, 0.1) is 12.5 Å². The molecule has 0 aliphatic heterocycles. The largest absolute Gasteiger partial charge is 0.481 e. The lowest BCUT2D eigenvalue weighted by Crippen LogP contribution is -2.48. The van der Waals surface area contributed by atoms with Crippen LogP contribution in [-0.4, -0.2) is 29.6 Å². The van der Waals surface area contributed by atoms with Gasteiger partial charge in [-0.25, -0.2) is 0 Å². The van der Waals surface area contributed by atoms with E-state index in [-0.39, 0.29) is 23.7 Å². The molecule has 1 aliphatic carbocycles. The van der Waals surface area contributed by atoms with Gasteiger partial charge in [-0.3, -0.25) is 9.59 Å². The molecule has 1 amide bonds. The van der Waals surface area contributed by atoms with Crippen LogP contribution < -0.4 is 11.1 Å². The standard InChI is InChI=1S/C14H26N2O3/c1-10(2)12(15)13(19)16-9-14(8-11(17)18)6-4-3-5-7-14/h10,12H,3-9,15H2,1-2H3,(H,16,19)(H,17,18)/t12-/m1/s1. The Morgan fingerprint density at radius 1 is 1.26 bits per heavy atom. The summed E-state index contributed by atoms with van der Waals surface area (Å²) in [5.41, 5.74) is 5.51. The molecule has 1 aliphatic rings. The fourth-order valence-electron chi connectivity index (χ4n) is 2.73. The molecule has 0 spiro atoms. The molecule has 0 aromatic carbocycles. The normalized spacial score (nSPS) is 20.0. The van der Waals surface area contributed by atoms with Crippen molar-refractivity contribution >= 4 is 11.9 Å². The molecule has 1 rings (SSSR count). The van der Waals surface area contributed by atoms with E-state index in [9.17, 15) is 9.59 Å². The minimum Gasteiger partial charge on any atom is -0.481 e. The molecule has 4 N–H and O–H groups in total. The Bertz CT molecular complexity index is 323. The number of hydrogen-bond acceptors (Lipinski definition) is 3. The first-order valence-electron chi connectivity index (χ1n) is 7.11. The van der Waals surface area contributed by atoms with Gasteiger partial charge >= 0.3 is 5.97 Å². The number of carboxylic acids is 1. The van der Waals surface area contributed by atoms with Crippen LogP contribution >= 0.6 is 0 Å². The molecular formula is C14H26N2O3. The molecule has 19 heavy (non-hydrogen) atoms. The number of nitrogens with one attached hydrogen (secondary N) is 1. The van der Waals surface area contributed by atoms with Crippen LogP contribution in [-0.2, 0) is 9.59 Å². The van der Waals surface area contributed by atoms with E-state index in [4.69, 9.17) is 10.8 Å². The van der Waals surface area contributed by atoms with Gasteiger partial charge in [0, 0.05) is 6.54 Å². The van der Waals surface area contributed by atoms with Crippen molar-refractivity contribution in [3.63, 3.8) is 0 Å². The predicted molar refractivity (Wildman–Crippen MR) is 73.6 cm³/mol. The number of aliphatic carboxylic acids is 1. The van der Waals surface area contributed by atoms with Crippen LogP contribution in [0.25, 0.3) is 0 Å². The predicted octanol–water partition coefficient (Wildman–Crippen LogP) is 1.51. The van der Waals surface area contributed by atoms with Crippen molar-refractivity contribution in [2.75, 3.05) is 6.54 Å². The van der Waals surface area contributed by atoms with Crippen molar-refractivity contribution in [3.8, 4) is 0 Å². The Morgan fingerprint density at radius 3 is 2.32 bits per heavy atom. The first kappa shape index (κ1) is 16.0. The highest BCUT2D eigenvalue weighted by molar-refractivity contribution is 5.81. The van der Waals surface area contributed by atoms with Gasteiger partial charge in [-0.1, -0.05) is 33.1 Å². The van der Waals surface area contributed by atoms with E-state index in [0.717, 1.165) is 32.1 Å². The highest BCUT2D eigenvalue weighted by Gasteiger charge is 2.35. The minimum atomic E-state index is -0.788. The molecule has 0 aromatic rings. The van der Waals surface area contributed by atoms with Crippen molar-refractivity contribution in [2.45, 2.75) is 58.4 Å². The summed E-state index contributed by atoms with van der Waals surface area (Å²) < 4.78 is 0. The van der Waals surface area contributed by atoms with Crippen LogP contribution in [0.5, 0.6) is 0 Å². The van der Waals surface area contributed by atoms with Gasteiger partial charge in [-0.2, -0.15) is 0 Å². The summed E-state index contributed by atoms with van der Waals surface area (Å²) in [7, 11) is 0. The maximum Gasteiger partial charge on any atom is 0.303 e. The van der Waals surface area contributed by atoms with E-state index in [1.807, 2.05) is 13.8 Å². The second-order valence-electron chi connectivity index (χ2n) is 6.12. The lowest BCUT2D eigenvalue weighted by Gasteiger charge is -2.36. The van der Waals surface area contributed by atoms with E-state index in [1.54, 1.807) is 0 Å². The van der Waals surface area contributed by atoms with Crippen LogP contribution in [0.3, 0.4) is 0 Å². The maximum absolute atomic E-state index is 11.9. The van der Waals surface area contributed by atoms with Crippen LogP contribution in [0.1, 0.15) is 52.4 Å². The average Bonchev–Trinajstić information content (AvgIpc) is 2.35. The van der Waals surface area contributed by atoms with Crippen molar-refractivity contribution in [1.82, 2.24) is 5.32 Å². The van der Waals surface area contributed by atoms with Crippen LogP contribution in [0, 0.1) is 11.3 Å². The Balaban J connectivity index is 2.58. The van der Waals surface area contributed by atoms with E-state index in [0.29, 0.717) is 6.54 Å². The van der Waals surface area contributed by atoms with Crippen molar-refractivity contribution in [2.24, 2.45) is 17.1 Å². The Morgan fingerprint density at radius 2 is 1.84 bits per heavy atom. The number of carboxylic acid groups (broad SMARTS) is 1. The second kappa shape index (κ2) is 6.89. The molecule has 1 fully saturated rings. The van der Waals surface area contributed by atoms with Crippen molar-refractivity contribution in [3.05, 3.63) is 0 Å². The SMILES string of the molecule is CC(C)[C@@H](N)C(=O)NCC1(CC(=O)O)CCCCC1. The average molecular weight is 270 g/mol. The number of amides is 1. The van der Waals surface area contributed by atoms with Crippen LogP contribution in [0.4, 0.5) is 0 Å². The summed E-state index contributed by atoms with van der Waals surface area (Å²) in [5.74, 6) is -0.878. The monoisotopic (exact) mass is 270 g/mol. The third-order valence-corrected chi connectivity index (χ3v) is 4.10. The number of carbonyl (C=O) groups excluding carboxylic acids is 1. The third kappa shape index (κ3) is 4.82. The molecule has 0 heterocycles. The quantitative estimate of drug-likeness (QED) is 0.682. The Kier molecular flexibility index (Phi) is 5.79. The zero-order chi connectivity index (χ0) is 14.5. The number of rotatable bonds is 6. The second-order valence-corrected chi connectivity index (χ2v) is 6.12. The third-order valence-electron chi connectivity index (χ3n) is 4.10. The molecule has 1 atom stereocenters. The Labute approximate surface area is 114 Å². The summed E-state index contributed by atoms with van der Waals surface area (Å²) in [6, 6.07) is -0.523. The number of hydrogen-bond donors (Lipinski definition) is 3. The lowest BCUT2D eigenvalue weighted by molar-refractivity contribution is -0.140. The molecule has 0 saturated heterocycles. The van der Waals surface area contributed by atoms with Gasteiger partial charge in [0.2, 0.25) is 5.91 Å². The zero-order valence-electron chi connectivity index (χ0n) is 11.9. The molecular weight excluding hydrogens is 244 g/mol. The summed E-state index contributed by atoms with van der Waals surface area (Å²) in [6.45, 7) is 4.23. The smallest absolute Gasteiger partial charge is 0.303 e. The molecule has 0 aromatic heterocycles. The summed E-state index contributed by atoms with van der Waals surface area (Å²) in [6.07, 6.45) is 5.11. The fourth-order valence-corrected chi connectivity index (χ4v) is 2.73. The highest BCUT2D eigenvalue weighted by atomic mass is 16.4. The molecule has 5 nitrogen and oxygen atoms in total. The van der Waals surface area contributed by atoms with Gasteiger partial charge in [0.15, 0.2) is 0 Å². The first-order valence-corrected chi connectivity index (χ1v) is 7.11.